The average Bonchev–Trinajstić information content (AvgIpc) is 3.53. The molecule has 0 unspecified atom stereocenters. The first-order chi connectivity index (χ1) is 18.7. The number of thiazole rings is 1. The van der Waals surface area contributed by atoms with Crippen LogP contribution in [0.2, 0.25) is 0 Å². The number of carbonyl (C=O) groups is 3. The van der Waals surface area contributed by atoms with E-state index in [1.807, 2.05) is 61.5 Å². The summed E-state index contributed by atoms with van der Waals surface area (Å²) in [7, 11) is 6.77. The molecule has 0 radical (unpaired) electrons. The number of esters is 1. The predicted molar refractivity (Wildman–Crippen MR) is 155 cm³/mol. The molecule has 10 heteroatoms. The number of nitrogens with one attached hydrogen (secondary N) is 2. The molecule has 0 bridgehead atoms. The van der Waals surface area contributed by atoms with E-state index < -0.39 is 5.97 Å². The Morgan fingerprint density at radius 3 is 2.46 bits per heavy atom. The zero-order chi connectivity index (χ0) is 27.7. The highest BCUT2D eigenvalue weighted by molar-refractivity contribution is 7.16. The van der Waals surface area contributed by atoms with Gasteiger partial charge in [0.15, 0.2) is 0 Å². The minimum atomic E-state index is -0.479. The molecule has 4 aromatic rings. The molecule has 0 fully saturated rings. The summed E-state index contributed by atoms with van der Waals surface area (Å²) in [4.78, 5) is 45.7. The number of likely N-dealkylation sites (N-methyl/N-ethyl adjacent to an activating group) is 2. The molecule has 0 atom stereocenters. The molecule has 1 aliphatic rings. The van der Waals surface area contributed by atoms with Crippen molar-refractivity contribution in [1.29, 1.82) is 0 Å². The fraction of sp³-hybridized carbons (Fsp3) is 0.172. The van der Waals surface area contributed by atoms with Gasteiger partial charge in [0, 0.05) is 29.5 Å². The van der Waals surface area contributed by atoms with Gasteiger partial charge in [-0.3, -0.25) is 9.59 Å². The number of rotatable bonds is 7. The van der Waals surface area contributed by atoms with Crippen LogP contribution < -0.4 is 15.5 Å². The highest BCUT2D eigenvalue weighted by Crippen LogP contribution is 2.39. The molecule has 198 valence electrons. The second-order valence-electron chi connectivity index (χ2n) is 9.35. The van der Waals surface area contributed by atoms with Crippen LogP contribution in [-0.2, 0) is 14.3 Å². The number of methoxy groups -OCH3 is 1. The lowest BCUT2D eigenvalue weighted by Gasteiger charge is -2.20. The number of amides is 2. The zero-order valence-corrected chi connectivity index (χ0v) is 22.8. The van der Waals surface area contributed by atoms with Gasteiger partial charge in [-0.15, -0.1) is 11.3 Å². The van der Waals surface area contributed by atoms with E-state index in [4.69, 9.17) is 4.74 Å². The molecule has 0 saturated carbocycles. The molecule has 2 amide bonds. The van der Waals surface area contributed by atoms with Crippen molar-refractivity contribution in [3.05, 3.63) is 82.9 Å². The van der Waals surface area contributed by atoms with Gasteiger partial charge in [0.2, 0.25) is 5.91 Å². The maximum atomic E-state index is 13.3. The highest BCUT2D eigenvalue weighted by atomic mass is 32.1. The number of fused-ring (bicyclic) bond motifs is 2. The third kappa shape index (κ3) is 5.25. The van der Waals surface area contributed by atoms with Gasteiger partial charge in [0.1, 0.15) is 0 Å². The molecule has 2 N–H and O–H groups in total. The van der Waals surface area contributed by atoms with Crippen molar-refractivity contribution < 1.29 is 19.1 Å². The number of hydrogen-bond acceptors (Lipinski definition) is 8. The van der Waals surface area contributed by atoms with Crippen LogP contribution in [0.25, 0.3) is 21.5 Å². The van der Waals surface area contributed by atoms with Crippen molar-refractivity contribution >= 4 is 67.7 Å². The van der Waals surface area contributed by atoms with E-state index in [-0.39, 0.29) is 11.8 Å². The van der Waals surface area contributed by atoms with Gasteiger partial charge in [-0.05, 0) is 62.6 Å². The molecular formula is C29H27N5O4S. The Kier molecular flexibility index (Phi) is 7.14. The van der Waals surface area contributed by atoms with Crippen LogP contribution in [0.3, 0.4) is 0 Å². The number of ether oxygens (including phenoxy) is 1. The SMILES string of the molecule is COC(=O)c1ccc2c(c1)NC(=O)C2=C(Nc1ccc(N(C)C(=O)CN(C)C)cc1)c1ccc2ncsc2c1. The van der Waals surface area contributed by atoms with Crippen LogP contribution in [-0.4, -0.2) is 62.5 Å². The van der Waals surface area contributed by atoms with Crippen molar-refractivity contribution in [2.24, 2.45) is 0 Å². The molecule has 1 aliphatic heterocycles. The summed E-state index contributed by atoms with van der Waals surface area (Å²) in [6, 6.07) is 18.3. The summed E-state index contributed by atoms with van der Waals surface area (Å²) < 4.78 is 5.82. The lowest BCUT2D eigenvalue weighted by molar-refractivity contribution is -0.119. The van der Waals surface area contributed by atoms with E-state index in [0.717, 1.165) is 27.2 Å². The lowest BCUT2D eigenvalue weighted by atomic mass is 9.99. The van der Waals surface area contributed by atoms with Crippen LogP contribution >= 0.6 is 11.3 Å². The number of benzene rings is 3. The molecule has 0 saturated heterocycles. The Labute approximate surface area is 229 Å². The molecule has 5 rings (SSSR count). The average molecular weight is 542 g/mol. The van der Waals surface area contributed by atoms with E-state index in [9.17, 15) is 14.4 Å². The summed E-state index contributed by atoms with van der Waals surface area (Å²) >= 11 is 1.52. The Morgan fingerprint density at radius 1 is 1.00 bits per heavy atom. The fourth-order valence-electron chi connectivity index (χ4n) is 4.39. The first-order valence-corrected chi connectivity index (χ1v) is 13.0. The van der Waals surface area contributed by atoms with Gasteiger partial charge < -0.3 is 25.2 Å². The van der Waals surface area contributed by atoms with Gasteiger partial charge in [-0.2, -0.15) is 0 Å². The third-order valence-corrected chi connectivity index (χ3v) is 7.20. The molecule has 9 nitrogen and oxygen atoms in total. The van der Waals surface area contributed by atoms with E-state index in [1.165, 1.54) is 18.4 Å². The van der Waals surface area contributed by atoms with Crippen molar-refractivity contribution in [3.63, 3.8) is 0 Å². The molecule has 3 aromatic carbocycles. The number of nitrogens with zero attached hydrogens (tertiary/aromatic N) is 3. The smallest absolute Gasteiger partial charge is 0.337 e. The highest BCUT2D eigenvalue weighted by Gasteiger charge is 2.29. The van der Waals surface area contributed by atoms with Crippen molar-refractivity contribution in [3.8, 4) is 0 Å². The number of aromatic nitrogens is 1. The van der Waals surface area contributed by atoms with Crippen molar-refractivity contribution in [2.45, 2.75) is 0 Å². The molecule has 2 heterocycles. The van der Waals surface area contributed by atoms with Crippen LogP contribution in [0.1, 0.15) is 21.5 Å². The molecule has 0 aliphatic carbocycles. The molecule has 39 heavy (non-hydrogen) atoms. The van der Waals surface area contributed by atoms with Gasteiger partial charge in [-0.25, -0.2) is 9.78 Å². The van der Waals surface area contributed by atoms with Gasteiger partial charge in [0.05, 0.1) is 51.9 Å². The van der Waals surface area contributed by atoms with E-state index in [1.54, 1.807) is 35.7 Å². The summed E-state index contributed by atoms with van der Waals surface area (Å²) in [6.07, 6.45) is 0. The first kappa shape index (κ1) is 26.1. The second-order valence-corrected chi connectivity index (χ2v) is 10.2. The van der Waals surface area contributed by atoms with Crippen molar-refractivity contribution in [1.82, 2.24) is 9.88 Å². The topological polar surface area (TPSA) is 104 Å². The first-order valence-electron chi connectivity index (χ1n) is 12.2. The van der Waals surface area contributed by atoms with E-state index in [0.29, 0.717) is 34.6 Å². The van der Waals surface area contributed by atoms with Gasteiger partial charge in [-0.1, -0.05) is 12.1 Å². The maximum Gasteiger partial charge on any atom is 0.337 e. The number of hydrogen-bond donors (Lipinski definition) is 2. The number of anilines is 3. The largest absolute Gasteiger partial charge is 0.465 e. The van der Waals surface area contributed by atoms with Crippen molar-refractivity contribution in [2.75, 3.05) is 50.3 Å². The molecular weight excluding hydrogens is 514 g/mol. The normalized spacial score (nSPS) is 13.7. The Hall–Kier alpha value is -4.54. The maximum absolute atomic E-state index is 13.3. The lowest BCUT2D eigenvalue weighted by Crippen LogP contribution is -2.34. The Bertz CT molecular complexity index is 1620. The second kappa shape index (κ2) is 10.7. The quantitative estimate of drug-likeness (QED) is 0.262. The molecule has 0 spiro atoms. The van der Waals surface area contributed by atoms with E-state index in [2.05, 4.69) is 15.6 Å². The summed E-state index contributed by atoms with van der Waals surface area (Å²) in [5, 5.41) is 6.33. The summed E-state index contributed by atoms with van der Waals surface area (Å²) in [6.45, 7) is 0.305. The van der Waals surface area contributed by atoms with Crippen LogP contribution in [0.15, 0.2) is 66.2 Å². The van der Waals surface area contributed by atoms with Crippen LogP contribution in [0.4, 0.5) is 17.1 Å². The summed E-state index contributed by atoms with van der Waals surface area (Å²) in [5.74, 6) is -0.788. The minimum Gasteiger partial charge on any atom is -0.465 e. The third-order valence-electron chi connectivity index (χ3n) is 6.40. The standard InChI is InChI=1S/C29H27N5O4S/c1-33(2)15-25(35)34(3)20-9-7-19(8-10-20)31-27(17-6-12-22-24(14-17)39-16-30-22)26-21-11-5-18(29(37)38-4)13-23(21)32-28(26)36/h5-14,16,31H,15H2,1-4H3,(H,32,36). The van der Waals surface area contributed by atoms with Crippen LogP contribution in [0, 0.1) is 0 Å². The number of carbonyl (C=O) groups excluding carboxylic acids is 3. The Morgan fingerprint density at radius 2 is 1.74 bits per heavy atom. The molecule has 1 aromatic heterocycles. The predicted octanol–water partition coefficient (Wildman–Crippen LogP) is 4.54. The van der Waals surface area contributed by atoms with Gasteiger partial charge >= 0.3 is 5.97 Å². The zero-order valence-electron chi connectivity index (χ0n) is 21.9. The fourth-order valence-corrected chi connectivity index (χ4v) is 5.11. The minimum absolute atomic E-state index is 0.0214. The summed E-state index contributed by atoms with van der Waals surface area (Å²) in [5.41, 5.74) is 7.59. The van der Waals surface area contributed by atoms with E-state index >= 15 is 0 Å². The van der Waals surface area contributed by atoms with Gasteiger partial charge in [0.25, 0.3) is 5.91 Å². The monoisotopic (exact) mass is 541 g/mol. The Balaban J connectivity index is 1.56. The van der Waals surface area contributed by atoms with Crippen LogP contribution in [0.5, 0.6) is 0 Å².